The highest BCUT2D eigenvalue weighted by Crippen LogP contribution is 2.38. The molecule has 2 N–H and O–H groups in total. The zero-order chi connectivity index (χ0) is 14.8. The lowest BCUT2D eigenvalue weighted by molar-refractivity contribution is 0.296. The van der Waals surface area contributed by atoms with Crippen molar-refractivity contribution < 1.29 is 9.47 Å². The third-order valence-corrected chi connectivity index (χ3v) is 4.60. The Labute approximate surface area is 143 Å². The van der Waals surface area contributed by atoms with E-state index in [2.05, 4.69) is 17.9 Å². The number of halogens is 2. The first kappa shape index (κ1) is 17.7. The van der Waals surface area contributed by atoms with Crippen LogP contribution in [-0.2, 0) is 6.54 Å². The average Bonchev–Trinajstić information content (AvgIpc) is 2.76. The van der Waals surface area contributed by atoms with Crippen LogP contribution in [0.3, 0.4) is 0 Å². The maximum Gasteiger partial charge on any atom is 0.179 e. The Morgan fingerprint density at radius 1 is 1.36 bits per heavy atom. The topological polar surface area (TPSA) is 47.7 Å². The minimum absolute atomic E-state index is 0. The van der Waals surface area contributed by atoms with E-state index < -0.39 is 0 Å². The molecule has 124 valence electrons. The first-order chi connectivity index (χ1) is 10.1. The molecule has 1 aromatic carbocycles. The first-order valence-corrected chi connectivity index (χ1v) is 8.07. The molecule has 0 aliphatic carbocycles. The summed E-state index contributed by atoms with van der Waals surface area (Å²) in [5, 5.41) is 0.646. The molecule has 0 saturated carbocycles. The Bertz CT molecular complexity index is 511. The van der Waals surface area contributed by atoms with Crippen LogP contribution in [0.2, 0.25) is 5.02 Å². The number of hydrogen-bond donors (Lipinski definition) is 1. The van der Waals surface area contributed by atoms with E-state index in [9.17, 15) is 0 Å². The van der Waals surface area contributed by atoms with Gasteiger partial charge in [-0.1, -0.05) is 11.6 Å². The molecule has 0 amide bonds. The summed E-state index contributed by atoms with van der Waals surface area (Å²) in [6, 6.07) is 4.32. The number of nitrogens with zero attached hydrogens (tertiary/aromatic N) is 1. The fourth-order valence-electron chi connectivity index (χ4n) is 3.07. The van der Waals surface area contributed by atoms with Crippen molar-refractivity contribution in [2.45, 2.75) is 32.4 Å². The van der Waals surface area contributed by atoms with Crippen LogP contribution in [0.1, 0.15) is 25.3 Å². The van der Waals surface area contributed by atoms with E-state index in [1.54, 1.807) is 0 Å². The van der Waals surface area contributed by atoms with Gasteiger partial charge in [0.2, 0.25) is 0 Å². The minimum Gasteiger partial charge on any atom is -0.489 e. The van der Waals surface area contributed by atoms with Gasteiger partial charge in [-0.3, -0.25) is 4.90 Å². The summed E-state index contributed by atoms with van der Waals surface area (Å²) in [6.45, 7) is 6.48. The monoisotopic (exact) mass is 346 g/mol. The van der Waals surface area contributed by atoms with Crippen molar-refractivity contribution in [1.29, 1.82) is 0 Å². The normalized spacial score (nSPS) is 22.8. The fraction of sp³-hybridized carbons (Fsp3) is 0.625. The van der Waals surface area contributed by atoms with Gasteiger partial charge >= 0.3 is 0 Å². The molecule has 1 aromatic rings. The summed E-state index contributed by atoms with van der Waals surface area (Å²) in [4.78, 5) is 2.43. The highest BCUT2D eigenvalue weighted by Gasteiger charge is 2.25. The summed E-state index contributed by atoms with van der Waals surface area (Å²) >= 11 is 6.34. The lowest BCUT2D eigenvalue weighted by atomic mass is 10.0. The third kappa shape index (κ3) is 3.99. The Balaban J connectivity index is 0.00000176. The number of likely N-dealkylation sites (tertiary alicyclic amines) is 1. The van der Waals surface area contributed by atoms with Gasteiger partial charge in [0.15, 0.2) is 11.5 Å². The van der Waals surface area contributed by atoms with Crippen LogP contribution >= 0.6 is 24.0 Å². The number of benzene rings is 1. The molecule has 2 aliphatic rings. The van der Waals surface area contributed by atoms with Gasteiger partial charge in [0, 0.05) is 25.6 Å². The second kappa shape index (κ2) is 7.73. The molecule has 2 heterocycles. The molecular formula is C16H24Cl2N2O2. The summed E-state index contributed by atoms with van der Waals surface area (Å²) < 4.78 is 11.4. The lowest BCUT2D eigenvalue weighted by Gasteiger charge is -2.19. The lowest BCUT2D eigenvalue weighted by Crippen LogP contribution is -2.29. The van der Waals surface area contributed by atoms with Crippen molar-refractivity contribution in [2.24, 2.45) is 11.7 Å². The number of nitrogens with two attached hydrogens (primary N) is 1. The minimum atomic E-state index is 0. The Morgan fingerprint density at radius 3 is 2.86 bits per heavy atom. The largest absolute Gasteiger partial charge is 0.489 e. The highest BCUT2D eigenvalue weighted by atomic mass is 35.5. The van der Waals surface area contributed by atoms with Crippen LogP contribution in [0.25, 0.3) is 0 Å². The molecule has 1 fully saturated rings. The van der Waals surface area contributed by atoms with Gasteiger partial charge in [-0.15, -0.1) is 12.4 Å². The van der Waals surface area contributed by atoms with Gasteiger partial charge in [-0.05, 0) is 43.5 Å². The molecule has 0 radical (unpaired) electrons. The average molecular weight is 347 g/mol. The van der Waals surface area contributed by atoms with E-state index in [0.717, 1.165) is 31.8 Å². The molecule has 4 nitrogen and oxygen atoms in total. The van der Waals surface area contributed by atoms with Crippen molar-refractivity contribution in [3.05, 3.63) is 22.7 Å². The van der Waals surface area contributed by atoms with Gasteiger partial charge in [-0.25, -0.2) is 0 Å². The van der Waals surface area contributed by atoms with Crippen LogP contribution in [0.15, 0.2) is 12.1 Å². The quantitative estimate of drug-likeness (QED) is 0.913. The predicted octanol–water partition coefficient (Wildman–Crippen LogP) is 3.09. The fourth-order valence-corrected chi connectivity index (χ4v) is 3.36. The molecule has 0 aromatic heterocycles. The van der Waals surface area contributed by atoms with Crippen LogP contribution in [0, 0.1) is 5.92 Å². The summed E-state index contributed by atoms with van der Waals surface area (Å²) in [5.74, 6) is 2.06. The summed E-state index contributed by atoms with van der Waals surface area (Å²) in [6.07, 6.45) is 2.07. The molecule has 1 saturated heterocycles. The maximum atomic E-state index is 6.34. The first-order valence-electron chi connectivity index (χ1n) is 7.69. The molecule has 22 heavy (non-hydrogen) atoms. The van der Waals surface area contributed by atoms with Crippen molar-refractivity contribution >= 4 is 24.0 Å². The van der Waals surface area contributed by atoms with Gasteiger partial charge < -0.3 is 15.2 Å². The van der Waals surface area contributed by atoms with Crippen molar-refractivity contribution in [2.75, 3.05) is 26.3 Å². The molecular weight excluding hydrogens is 323 g/mol. The SMILES string of the molecule is CC(N)C1CCN(Cc2cc(Cl)c3c(c2)OCCCO3)C1.Cl. The van der Waals surface area contributed by atoms with E-state index >= 15 is 0 Å². The Hall–Kier alpha value is -0.680. The molecule has 2 aliphatic heterocycles. The van der Waals surface area contributed by atoms with Crippen LogP contribution in [0.4, 0.5) is 0 Å². The smallest absolute Gasteiger partial charge is 0.179 e. The standard InChI is InChI=1S/C16H23ClN2O2.ClH/c1-11(18)13-3-4-19(10-13)9-12-7-14(17)16-15(8-12)20-5-2-6-21-16;/h7-8,11,13H,2-6,9-10,18H2,1H3;1H. The van der Waals surface area contributed by atoms with Crippen LogP contribution in [-0.4, -0.2) is 37.2 Å². The van der Waals surface area contributed by atoms with E-state index in [1.807, 2.05) is 6.07 Å². The molecule has 0 bridgehead atoms. The maximum absolute atomic E-state index is 6.34. The Kier molecular flexibility index (Phi) is 6.21. The second-order valence-corrected chi connectivity index (χ2v) is 6.51. The Morgan fingerprint density at radius 2 is 2.14 bits per heavy atom. The predicted molar refractivity (Wildman–Crippen MR) is 91.3 cm³/mol. The van der Waals surface area contributed by atoms with Gasteiger partial charge in [0.25, 0.3) is 0 Å². The van der Waals surface area contributed by atoms with Crippen LogP contribution in [0.5, 0.6) is 11.5 Å². The molecule has 0 spiro atoms. The van der Waals surface area contributed by atoms with E-state index in [1.165, 1.54) is 12.0 Å². The summed E-state index contributed by atoms with van der Waals surface area (Å²) in [5.41, 5.74) is 7.18. The molecule has 3 rings (SSSR count). The van der Waals surface area contributed by atoms with E-state index in [4.69, 9.17) is 26.8 Å². The molecule has 2 unspecified atom stereocenters. The van der Waals surface area contributed by atoms with Crippen molar-refractivity contribution in [1.82, 2.24) is 4.90 Å². The molecule has 2 atom stereocenters. The highest BCUT2D eigenvalue weighted by molar-refractivity contribution is 6.32. The second-order valence-electron chi connectivity index (χ2n) is 6.10. The molecule has 6 heteroatoms. The number of ether oxygens (including phenoxy) is 2. The van der Waals surface area contributed by atoms with Crippen molar-refractivity contribution in [3.8, 4) is 11.5 Å². The van der Waals surface area contributed by atoms with E-state index in [0.29, 0.717) is 29.9 Å². The van der Waals surface area contributed by atoms with Crippen molar-refractivity contribution in [3.63, 3.8) is 0 Å². The van der Waals surface area contributed by atoms with Crippen LogP contribution < -0.4 is 15.2 Å². The van der Waals surface area contributed by atoms with E-state index in [-0.39, 0.29) is 18.4 Å². The number of hydrogen-bond acceptors (Lipinski definition) is 4. The van der Waals surface area contributed by atoms with Gasteiger partial charge in [0.1, 0.15) is 0 Å². The van der Waals surface area contributed by atoms with Gasteiger partial charge in [0.05, 0.1) is 18.2 Å². The summed E-state index contributed by atoms with van der Waals surface area (Å²) in [7, 11) is 0. The van der Waals surface area contributed by atoms with Gasteiger partial charge in [-0.2, -0.15) is 0 Å². The zero-order valence-electron chi connectivity index (χ0n) is 12.9. The zero-order valence-corrected chi connectivity index (χ0v) is 14.5. The number of fused-ring (bicyclic) bond motifs is 1. The third-order valence-electron chi connectivity index (χ3n) is 4.32. The number of rotatable bonds is 3.